The number of aryl methyl sites for hydroxylation is 1. The van der Waals surface area contributed by atoms with Gasteiger partial charge < -0.3 is 10.4 Å². The van der Waals surface area contributed by atoms with Crippen molar-refractivity contribution < 1.29 is 9.90 Å². The molecule has 2 rings (SSSR count). The molecular formula is C17H21NO2. The van der Waals surface area contributed by atoms with Crippen molar-refractivity contribution in [1.29, 1.82) is 0 Å². The summed E-state index contributed by atoms with van der Waals surface area (Å²) in [5.41, 5.74) is 2.64. The Bertz CT molecular complexity index is 562. The van der Waals surface area contributed by atoms with Crippen molar-refractivity contribution in [3.05, 3.63) is 34.9 Å². The number of rotatable bonds is 3. The Labute approximate surface area is 120 Å². The minimum absolute atomic E-state index is 0.0386. The van der Waals surface area contributed by atoms with Gasteiger partial charge >= 0.3 is 0 Å². The van der Waals surface area contributed by atoms with E-state index < -0.39 is 0 Å². The largest absolute Gasteiger partial charge is 0.384 e. The lowest BCUT2D eigenvalue weighted by molar-refractivity contribution is 0.0890. The van der Waals surface area contributed by atoms with Crippen LogP contribution in [0.25, 0.3) is 0 Å². The molecule has 2 N–H and O–H groups in total. The van der Waals surface area contributed by atoms with Crippen LogP contribution in [0.2, 0.25) is 0 Å². The molecule has 20 heavy (non-hydrogen) atoms. The van der Waals surface area contributed by atoms with E-state index in [1.54, 1.807) is 6.07 Å². The van der Waals surface area contributed by atoms with Crippen molar-refractivity contribution >= 4 is 5.91 Å². The monoisotopic (exact) mass is 271 g/mol. The number of amides is 1. The summed E-state index contributed by atoms with van der Waals surface area (Å²) in [5, 5.41) is 11.7. The molecule has 3 nitrogen and oxygen atoms in total. The summed E-state index contributed by atoms with van der Waals surface area (Å²) < 4.78 is 0. The molecule has 1 aliphatic rings. The number of nitrogens with one attached hydrogen (secondary N) is 1. The van der Waals surface area contributed by atoms with Crippen molar-refractivity contribution in [2.75, 3.05) is 13.2 Å². The molecular weight excluding hydrogens is 250 g/mol. The number of benzene rings is 1. The molecule has 0 spiro atoms. The molecule has 0 heterocycles. The fraction of sp³-hybridized carbons (Fsp3) is 0.471. The molecule has 0 radical (unpaired) electrons. The molecule has 1 amide bonds. The predicted octanol–water partition coefficient (Wildman–Crippen LogP) is 2.26. The number of hydrogen-bond donors (Lipinski definition) is 2. The molecule has 1 aromatic rings. The van der Waals surface area contributed by atoms with Crippen LogP contribution >= 0.6 is 0 Å². The minimum atomic E-state index is -0.173. The van der Waals surface area contributed by atoms with Crippen LogP contribution in [-0.4, -0.2) is 24.2 Å². The van der Waals surface area contributed by atoms with E-state index in [1.807, 2.05) is 19.1 Å². The van der Waals surface area contributed by atoms with Gasteiger partial charge in [0.2, 0.25) is 0 Å². The Morgan fingerprint density at radius 3 is 2.80 bits per heavy atom. The molecule has 0 aromatic heterocycles. The normalized spacial score (nSPS) is 15.8. The first-order valence-electron chi connectivity index (χ1n) is 7.03. The highest BCUT2D eigenvalue weighted by Gasteiger charge is 2.32. The first kappa shape index (κ1) is 14.6. The summed E-state index contributed by atoms with van der Waals surface area (Å²) in [6.07, 6.45) is 3.64. The van der Waals surface area contributed by atoms with E-state index in [2.05, 4.69) is 24.1 Å². The van der Waals surface area contributed by atoms with Crippen molar-refractivity contribution in [2.45, 2.75) is 33.1 Å². The number of aliphatic hydroxyl groups excluding tert-OH is 1. The third-order valence-electron chi connectivity index (χ3n) is 4.03. The van der Waals surface area contributed by atoms with Crippen LogP contribution in [0.4, 0.5) is 0 Å². The molecule has 1 aromatic carbocycles. The lowest BCUT2D eigenvalue weighted by atomic mass is 9.70. The lowest BCUT2D eigenvalue weighted by Gasteiger charge is -2.38. The van der Waals surface area contributed by atoms with Gasteiger partial charge in [-0.2, -0.15) is 0 Å². The summed E-state index contributed by atoms with van der Waals surface area (Å²) in [7, 11) is 0. The lowest BCUT2D eigenvalue weighted by Crippen LogP contribution is -2.40. The quantitative estimate of drug-likeness (QED) is 0.828. The van der Waals surface area contributed by atoms with Gasteiger partial charge in [0.1, 0.15) is 6.61 Å². The molecule has 106 valence electrons. The Kier molecular flexibility index (Phi) is 4.46. The van der Waals surface area contributed by atoms with Crippen molar-refractivity contribution in [1.82, 2.24) is 5.32 Å². The molecule has 0 aliphatic heterocycles. The maximum Gasteiger partial charge on any atom is 0.251 e. The topological polar surface area (TPSA) is 49.3 Å². The fourth-order valence-electron chi connectivity index (χ4n) is 2.43. The molecule has 0 bridgehead atoms. The van der Waals surface area contributed by atoms with Gasteiger partial charge in [-0.1, -0.05) is 31.3 Å². The number of hydrogen-bond acceptors (Lipinski definition) is 2. The van der Waals surface area contributed by atoms with Crippen molar-refractivity contribution in [2.24, 2.45) is 5.41 Å². The first-order valence-corrected chi connectivity index (χ1v) is 7.03. The summed E-state index contributed by atoms with van der Waals surface area (Å²) in [6.45, 7) is 4.70. The van der Waals surface area contributed by atoms with Crippen LogP contribution in [0.5, 0.6) is 0 Å². The zero-order valence-electron chi connectivity index (χ0n) is 12.1. The Morgan fingerprint density at radius 2 is 2.20 bits per heavy atom. The van der Waals surface area contributed by atoms with Crippen LogP contribution < -0.4 is 5.32 Å². The van der Waals surface area contributed by atoms with Crippen LogP contribution in [0, 0.1) is 24.2 Å². The second-order valence-corrected chi connectivity index (χ2v) is 5.84. The second kappa shape index (κ2) is 6.11. The summed E-state index contributed by atoms with van der Waals surface area (Å²) >= 11 is 0. The van der Waals surface area contributed by atoms with Gasteiger partial charge in [-0.3, -0.25) is 4.79 Å². The standard InChI is InChI=1S/C17H21NO2/c1-13-6-7-14(5-3-10-19)11-15(13)16(20)18-12-17(2)8-4-9-17/h6-7,11,19H,4,8-10,12H2,1-2H3,(H,18,20). The molecule has 1 saturated carbocycles. The van der Waals surface area contributed by atoms with Crippen LogP contribution in [0.3, 0.4) is 0 Å². The third kappa shape index (κ3) is 3.40. The highest BCUT2D eigenvalue weighted by atomic mass is 16.2. The van der Waals surface area contributed by atoms with E-state index in [0.29, 0.717) is 5.56 Å². The van der Waals surface area contributed by atoms with Crippen LogP contribution in [0.1, 0.15) is 47.7 Å². The molecule has 0 unspecified atom stereocenters. The zero-order chi connectivity index (χ0) is 14.6. The maximum absolute atomic E-state index is 12.3. The van der Waals surface area contributed by atoms with E-state index >= 15 is 0 Å². The Morgan fingerprint density at radius 1 is 1.45 bits per heavy atom. The molecule has 0 atom stereocenters. The summed E-state index contributed by atoms with van der Waals surface area (Å²) in [5.74, 6) is 5.39. The molecule has 1 aliphatic carbocycles. The molecule has 1 fully saturated rings. The van der Waals surface area contributed by atoms with Gasteiger partial charge in [-0.15, -0.1) is 0 Å². The average molecular weight is 271 g/mol. The van der Waals surface area contributed by atoms with E-state index in [4.69, 9.17) is 5.11 Å². The smallest absolute Gasteiger partial charge is 0.251 e. The van der Waals surface area contributed by atoms with Gasteiger partial charge in [-0.05, 0) is 42.9 Å². The highest BCUT2D eigenvalue weighted by Crippen LogP contribution is 2.39. The van der Waals surface area contributed by atoms with Gasteiger partial charge in [0.25, 0.3) is 5.91 Å². The fourth-order valence-corrected chi connectivity index (χ4v) is 2.43. The van der Waals surface area contributed by atoms with Crippen LogP contribution in [0.15, 0.2) is 18.2 Å². The van der Waals surface area contributed by atoms with Gasteiger partial charge in [0.05, 0.1) is 0 Å². The third-order valence-corrected chi connectivity index (χ3v) is 4.03. The second-order valence-electron chi connectivity index (χ2n) is 5.84. The summed E-state index contributed by atoms with van der Waals surface area (Å²) in [6, 6.07) is 5.54. The SMILES string of the molecule is Cc1ccc(C#CCO)cc1C(=O)NCC1(C)CCC1. The molecule has 0 saturated heterocycles. The Balaban J connectivity index is 2.08. The van der Waals surface area contributed by atoms with E-state index in [0.717, 1.165) is 17.7 Å². The molecule has 3 heteroatoms. The summed E-state index contributed by atoms with van der Waals surface area (Å²) in [4.78, 5) is 12.3. The van der Waals surface area contributed by atoms with Gasteiger partial charge in [0, 0.05) is 17.7 Å². The number of aliphatic hydroxyl groups is 1. The minimum Gasteiger partial charge on any atom is -0.384 e. The first-order chi connectivity index (χ1) is 9.54. The van der Waals surface area contributed by atoms with E-state index in [1.165, 1.54) is 19.3 Å². The van der Waals surface area contributed by atoms with Crippen molar-refractivity contribution in [3.63, 3.8) is 0 Å². The van der Waals surface area contributed by atoms with E-state index in [-0.39, 0.29) is 17.9 Å². The maximum atomic E-state index is 12.3. The Hall–Kier alpha value is -1.79. The average Bonchev–Trinajstić information content (AvgIpc) is 2.41. The van der Waals surface area contributed by atoms with Gasteiger partial charge in [0.15, 0.2) is 0 Å². The van der Waals surface area contributed by atoms with Crippen LogP contribution in [-0.2, 0) is 0 Å². The highest BCUT2D eigenvalue weighted by molar-refractivity contribution is 5.96. The van der Waals surface area contributed by atoms with Gasteiger partial charge in [-0.25, -0.2) is 0 Å². The zero-order valence-corrected chi connectivity index (χ0v) is 12.1. The van der Waals surface area contributed by atoms with E-state index in [9.17, 15) is 4.79 Å². The van der Waals surface area contributed by atoms with Crippen molar-refractivity contribution in [3.8, 4) is 11.8 Å². The predicted molar refractivity (Wildman–Crippen MR) is 79.4 cm³/mol. The number of carbonyl (C=O) groups excluding carboxylic acids is 1. The number of carbonyl (C=O) groups is 1.